The fraction of sp³-hybridized carbons (Fsp3) is 0.579. The molecule has 1 amide bonds. The van der Waals surface area contributed by atoms with Crippen LogP contribution in [-0.2, 0) is 16.1 Å². The number of rotatable bonds is 8. The number of aliphatic carboxylic acids is 1. The number of carboxylic acid groups (broad SMARTS) is 1. The van der Waals surface area contributed by atoms with Crippen LogP contribution in [0.3, 0.4) is 0 Å². The van der Waals surface area contributed by atoms with Gasteiger partial charge in [0, 0.05) is 13.1 Å². The van der Waals surface area contributed by atoms with Crippen LogP contribution in [0, 0.1) is 5.92 Å². The highest BCUT2D eigenvalue weighted by Gasteiger charge is 2.23. The number of carbonyl (C=O) groups excluding carboxylic acids is 1. The molecule has 2 rings (SSSR count). The van der Waals surface area contributed by atoms with Crippen LogP contribution < -0.4 is 0 Å². The summed E-state index contributed by atoms with van der Waals surface area (Å²) in [5.41, 5.74) is 0.981. The Kier molecular flexibility index (Phi) is 7.73. The number of nitrogens with zero attached hydrogens (tertiary/aromatic N) is 1. The number of carbonyl (C=O) groups is 2. The third kappa shape index (κ3) is 6.74. The Balaban J connectivity index is 1.59. The second-order valence-electron chi connectivity index (χ2n) is 6.61. The second kappa shape index (κ2) is 10.0. The van der Waals surface area contributed by atoms with Crippen molar-refractivity contribution in [3.63, 3.8) is 0 Å². The molecule has 1 saturated heterocycles. The smallest absolute Gasteiger partial charge is 0.410 e. The van der Waals surface area contributed by atoms with Crippen molar-refractivity contribution < 1.29 is 24.5 Å². The van der Waals surface area contributed by atoms with Crippen LogP contribution in [0.5, 0.6) is 0 Å². The van der Waals surface area contributed by atoms with Crippen molar-refractivity contribution in [3.8, 4) is 0 Å². The van der Waals surface area contributed by atoms with E-state index in [0.29, 0.717) is 38.5 Å². The molecule has 0 saturated carbocycles. The summed E-state index contributed by atoms with van der Waals surface area (Å²) in [6.45, 7) is 1.71. The minimum Gasteiger partial charge on any atom is -0.479 e. The topological polar surface area (TPSA) is 87.1 Å². The zero-order valence-electron chi connectivity index (χ0n) is 14.5. The average Bonchev–Trinajstić information content (AvgIpc) is 2.64. The molecule has 25 heavy (non-hydrogen) atoms. The number of hydrogen-bond acceptors (Lipinski definition) is 4. The lowest BCUT2D eigenvalue weighted by molar-refractivity contribution is -0.146. The third-order valence-electron chi connectivity index (χ3n) is 4.70. The predicted octanol–water partition coefficient (Wildman–Crippen LogP) is 3.04. The first-order valence-corrected chi connectivity index (χ1v) is 8.92. The van der Waals surface area contributed by atoms with Gasteiger partial charge in [0.05, 0.1) is 0 Å². The van der Waals surface area contributed by atoms with Gasteiger partial charge in [0.25, 0.3) is 0 Å². The number of piperidine rings is 1. The molecule has 0 spiro atoms. The molecule has 1 unspecified atom stereocenters. The monoisotopic (exact) mass is 349 g/mol. The van der Waals surface area contributed by atoms with E-state index in [1.807, 2.05) is 30.3 Å². The molecule has 6 heteroatoms. The maximum Gasteiger partial charge on any atom is 0.410 e. The number of amides is 1. The number of hydrogen-bond donors (Lipinski definition) is 2. The van der Waals surface area contributed by atoms with Crippen LogP contribution in [0.1, 0.15) is 44.1 Å². The molecule has 0 bridgehead atoms. The van der Waals surface area contributed by atoms with Crippen molar-refractivity contribution in [1.29, 1.82) is 0 Å². The Hall–Kier alpha value is -2.08. The Morgan fingerprint density at radius 1 is 1.16 bits per heavy atom. The van der Waals surface area contributed by atoms with Gasteiger partial charge in [-0.15, -0.1) is 0 Å². The fourth-order valence-electron chi connectivity index (χ4n) is 3.11. The fourth-order valence-corrected chi connectivity index (χ4v) is 3.11. The second-order valence-corrected chi connectivity index (χ2v) is 6.61. The van der Waals surface area contributed by atoms with Crippen molar-refractivity contribution in [2.75, 3.05) is 13.1 Å². The quantitative estimate of drug-likeness (QED) is 0.705. The summed E-state index contributed by atoms with van der Waals surface area (Å²) in [5.74, 6) is -0.595. The normalized spacial score (nSPS) is 16.4. The lowest BCUT2D eigenvalue weighted by atomic mass is 9.91. The molecule has 1 aliphatic rings. The summed E-state index contributed by atoms with van der Waals surface area (Å²) in [7, 11) is 0. The summed E-state index contributed by atoms with van der Waals surface area (Å²) >= 11 is 0. The van der Waals surface area contributed by atoms with Gasteiger partial charge in [-0.3, -0.25) is 0 Å². The molecule has 0 aliphatic carbocycles. The van der Waals surface area contributed by atoms with Crippen LogP contribution in [0.4, 0.5) is 4.79 Å². The zero-order valence-corrected chi connectivity index (χ0v) is 14.5. The van der Waals surface area contributed by atoms with E-state index < -0.39 is 12.1 Å². The molecule has 1 aromatic rings. The maximum absolute atomic E-state index is 12.1. The van der Waals surface area contributed by atoms with Gasteiger partial charge in [-0.25, -0.2) is 9.59 Å². The van der Waals surface area contributed by atoms with Crippen molar-refractivity contribution in [3.05, 3.63) is 35.9 Å². The van der Waals surface area contributed by atoms with Gasteiger partial charge in [0.2, 0.25) is 0 Å². The number of likely N-dealkylation sites (tertiary alicyclic amines) is 1. The van der Waals surface area contributed by atoms with Gasteiger partial charge < -0.3 is 19.8 Å². The number of aliphatic hydroxyl groups excluding tert-OH is 1. The van der Waals surface area contributed by atoms with Crippen LogP contribution in [0.15, 0.2) is 30.3 Å². The number of benzene rings is 1. The highest BCUT2D eigenvalue weighted by molar-refractivity contribution is 5.71. The number of aliphatic hydroxyl groups is 1. The minimum absolute atomic E-state index is 0.258. The summed E-state index contributed by atoms with van der Waals surface area (Å²) in [4.78, 5) is 24.4. The van der Waals surface area contributed by atoms with Gasteiger partial charge in [-0.2, -0.15) is 0 Å². The van der Waals surface area contributed by atoms with E-state index in [-0.39, 0.29) is 6.09 Å². The van der Waals surface area contributed by atoms with Crippen molar-refractivity contribution in [2.45, 2.75) is 51.2 Å². The Bertz CT molecular complexity index is 540. The predicted molar refractivity (Wildman–Crippen MR) is 93.0 cm³/mol. The van der Waals surface area contributed by atoms with E-state index in [2.05, 4.69) is 0 Å². The van der Waals surface area contributed by atoms with E-state index in [0.717, 1.165) is 31.2 Å². The van der Waals surface area contributed by atoms with E-state index in [4.69, 9.17) is 9.84 Å². The molecular weight excluding hydrogens is 322 g/mol. The third-order valence-corrected chi connectivity index (χ3v) is 4.70. The van der Waals surface area contributed by atoms with Gasteiger partial charge in [-0.05, 0) is 30.7 Å². The SMILES string of the molecule is O=C(O)C(O)CCCCC1CCN(C(=O)OCc2ccccc2)CC1. The first-order chi connectivity index (χ1) is 12.1. The Morgan fingerprint density at radius 2 is 1.84 bits per heavy atom. The van der Waals surface area contributed by atoms with E-state index in [1.165, 1.54) is 0 Å². The van der Waals surface area contributed by atoms with Crippen LogP contribution in [0.25, 0.3) is 0 Å². The van der Waals surface area contributed by atoms with Crippen molar-refractivity contribution in [2.24, 2.45) is 5.92 Å². The van der Waals surface area contributed by atoms with Crippen LogP contribution in [-0.4, -0.2) is 46.4 Å². The van der Waals surface area contributed by atoms with Gasteiger partial charge >= 0.3 is 12.1 Å². The summed E-state index contributed by atoms with van der Waals surface area (Å²) in [6, 6.07) is 9.63. The van der Waals surface area contributed by atoms with Crippen LogP contribution in [0.2, 0.25) is 0 Å². The Morgan fingerprint density at radius 3 is 2.48 bits per heavy atom. The molecule has 1 aromatic carbocycles. The van der Waals surface area contributed by atoms with Gasteiger partial charge in [0.1, 0.15) is 6.61 Å². The number of carboxylic acids is 1. The first kappa shape index (κ1) is 19.2. The molecule has 0 radical (unpaired) electrons. The van der Waals surface area contributed by atoms with E-state index >= 15 is 0 Å². The average molecular weight is 349 g/mol. The van der Waals surface area contributed by atoms with Crippen molar-refractivity contribution >= 4 is 12.1 Å². The first-order valence-electron chi connectivity index (χ1n) is 8.92. The molecule has 2 N–H and O–H groups in total. The largest absolute Gasteiger partial charge is 0.479 e. The van der Waals surface area contributed by atoms with Crippen LogP contribution >= 0.6 is 0 Å². The van der Waals surface area contributed by atoms with Gasteiger partial charge in [-0.1, -0.05) is 49.6 Å². The van der Waals surface area contributed by atoms with Crippen molar-refractivity contribution in [1.82, 2.24) is 4.90 Å². The molecule has 6 nitrogen and oxygen atoms in total. The maximum atomic E-state index is 12.1. The molecule has 1 fully saturated rings. The molecule has 138 valence electrons. The van der Waals surface area contributed by atoms with Gasteiger partial charge in [0.15, 0.2) is 6.10 Å². The highest BCUT2D eigenvalue weighted by atomic mass is 16.6. The summed E-state index contributed by atoms with van der Waals surface area (Å²) in [6.07, 6.45) is 3.33. The molecule has 1 aliphatic heterocycles. The molecule has 1 atom stereocenters. The standard InChI is InChI=1S/C19H27NO5/c21-17(18(22)23)9-5-4-6-15-10-12-20(13-11-15)19(24)25-14-16-7-2-1-3-8-16/h1-3,7-8,15,17,21H,4-6,9-14H2,(H,22,23). The van der Waals surface area contributed by atoms with E-state index in [1.54, 1.807) is 4.90 Å². The molecule has 0 aromatic heterocycles. The number of ether oxygens (including phenoxy) is 1. The lowest BCUT2D eigenvalue weighted by Gasteiger charge is -2.31. The highest BCUT2D eigenvalue weighted by Crippen LogP contribution is 2.23. The molecule has 1 heterocycles. The zero-order chi connectivity index (χ0) is 18.1. The summed E-state index contributed by atoms with van der Waals surface area (Å²) < 4.78 is 5.35. The number of unbranched alkanes of at least 4 members (excludes halogenated alkanes) is 1. The Labute approximate surface area is 148 Å². The lowest BCUT2D eigenvalue weighted by Crippen LogP contribution is -2.38. The van der Waals surface area contributed by atoms with E-state index in [9.17, 15) is 14.7 Å². The summed E-state index contributed by atoms with van der Waals surface area (Å²) in [5, 5.41) is 17.9. The molecular formula is C19H27NO5. The minimum atomic E-state index is -1.25.